The highest BCUT2D eigenvalue weighted by Gasteiger charge is 2.13. The third-order valence-corrected chi connectivity index (χ3v) is 11.3. The quantitative estimate of drug-likeness (QED) is 0.0183. The van der Waals surface area contributed by atoms with Gasteiger partial charge in [0.05, 0.1) is 39.6 Å². The topological polar surface area (TPSA) is 243 Å². The third kappa shape index (κ3) is 41.1. The summed E-state index contributed by atoms with van der Waals surface area (Å²) in [5.74, 6) is 1.31. The molecule has 3 rings (SSSR count). The second-order valence-corrected chi connectivity index (χ2v) is 18.5. The number of carbonyl (C=O) groups is 7. The molecule has 18 nitrogen and oxygen atoms in total. The van der Waals surface area contributed by atoms with E-state index in [9.17, 15) is 33.6 Å². The zero-order chi connectivity index (χ0) is 56.0. The van der Waals surface area contributed by atoms with Crippen molar-refractivity contribution < 1.29 is 86.4 Å². The van der Waals surface area contributed by atoms with Crippen molar-refractivity contribution in [2.75, 3.05) is 52.9 Å². The zero-order valence-corrected chi connectivity index (χ0v) is 45.5. The van der Waals surface area contributed by atoms with Crippen molar-refractivity contribution in [3.8, 4) is 17.2 Å². The van der Waals surface area contributed by atoms with Gasteiger partial charge in [0.15, 0.2) is 0 Å². The van der Waals surface area contributed by atoms with E-state index < -0.39 is 17.7 Å². The molecule has 0 aromatic heterocycles. The fourth-order valence-electron chi connectivity index (χ4n) is 6.38. The molecular weight excluding hydrogens is 1010 g/mol. The van der Waals surface area contributed by atoms with E-state index >= 15 is 0 Å². The normalized spacial score (nSPS) is 12.0. The van der Waals surface area contributed by atoms with Crippen LogP contribution in [0.2, 0.25) is 0 Å². The van der Waals surface area contributed by atoms with Crippen LogP contribution in [0.1, 0.15) is 130 Å². The molecule has 424 valence electrons. The summed E-state index contributed by atoms with van der Waals surface area (Å²) < 4.78 is 45.6. The Bertz CT molecular complexity index is 1890. The first-order valence-electron chi connectivity index (χ1n) is 26.2. The van der Waals surface area contributed by atoms with E-state index in [1.54, 1.807) is 72.8 Å². The van der Waals surface area contributed by atoms with Crippen LogP contribution >= 0.6 is 11.6 Å². The maximum atomic E-state index is 11.9. The number of hydrogen-bond acceptors (Lipinski definition) is 18. The molecule has 0 bridgehead atoms. The maximum absolute atomic E-state index is 11.9. The maximum Gasteiger partial charge on any atom is 0.513 e. The number of unbranched alkanes of at least 4 members (excludes halogenated alkanes) is 2. The summed E-state index contributed by atoms with van der Waals surface area (Å²) in [5, 5.41) is 17.6. The van der Waals surface area contributed by atoms with Gasteiger partial charge < -0.3 is 52.8 Å². The number of esters is 4. The van der Waals surface area contributed by atoms with Gasteiger partial charge in [0.2, 0.25) is 0 Å². The van der Waals surface area contributed by atoms with E-state index in [0.29, 0.717) is 107 Å². The highest BCUT2D eigenvalue weighted by atomic mass is 35.5. The summed E-state index contributed by atoms with van der Waals surface area (Å²) in [6, 6.07) is 26.0. The van der Waals surface area contributed by atoms with Crippen LogP contribution in [0.3, 0.4) is 0 Å². The molecule has 0 aliphatic heterocycles. The highest BCUT2D eigenvalue weighted by molar-refractivity contribution is 6.61. The molecular formula is C57H81ClO18. The number of rotatable bonds is 35. The molecule has 0 amide bonds. The predicted molar refractivity (Wildman–Crippen MR) is 284 cm³/mol. The SMILES string of the molecule is CC(CCO)CCOC(=O)CCCCC(=O)OCCC(C)CCO.CC(CCOC(=O)CCCCC(=O)OCCC(C)CCOC(=O)Oc1ccccc1)CCOC(=O)Oc1ccccc1.O=C(Cl)Oc1ccccc1. The summed E-state index contributed by atoms with van der Waals surface area (Å²) in [6.45, 7) is 10.1. The Labute approximate surface area is 453 Å². The van der Waals surface area contributed by atoms with Crippen LogP contribution in [0.5, 0.6) is 17.2 Å². The Balaban J connectivity index is 0.000000706. The lowest BCUT2D eigenvalue weighted by molar-refractivity contribution is -0.146. The van der Waals surface area contributed by atoms with Gasteiger partial charge >= 0.3 is 41.6 Å². The number of ether oxygens (including phenoxy) is 9. The first-order chi connectivity index (χ1) is 36.6. The third-order valence-electron chi connectivity index (χ3n) is 11.3. The molecule has 76 heavy (non-hydrogen) atoms. The second kappa shape index (κ2) is 45.0. The predicted octanol–water partition coefficient (Wildman–Crippen LogP) is 11.8. The van der Waals surface area contributed by atoms with E-state index in [2.05, 4.69) is 4.74 Å². The second-order valence-electron chi connectivity index (χ2n) is 18.2. The van der Waals surface area contributed by atoms with Gasteiger partial charge in [-0.1, -0.05) is 82.3 Å². The number of halogens is 1. The average molecular weight is 1090 g/mol. The van der Waals surface area contributed by atoms with Gasteiger partial charge in [0.25, 0.3) is 0 Å². The standard InChI is InChI=1S/C32H42O10.C18H34O6.C7H5ClO2/c1-25(19-23-39-31(35)41-27-11-5-3-6-12-27)17-21-37-29(33)15-9-10-16-30(34)38-22-18-26(2)20-24-40-32(36)42-28-13-7-4-8-14-28;1-15(7-11-19)9-13-23-17(21)5-3-4-6-18(22)24-14-10-16(2)8-12-20;8-7(9)10-6-4-2-1-3-5-6/h3-8,11-14,25-26H,9-10,15-24H2,1-2H3;15-16,19-20H,3-14H2,1-2H3;1-5H. The first kappa shape index (κ1) is 67.8. The Kier molecular flexibility index (Phi) is 40.1. The van der Waals surface area contributed by atoms with Crippen molar-refractivity contribution in [1.29, 1.82) is 0 Å². The molecule has 0 saturated heterocycles. The van der Waals surface area contributed by atoms with Crippen LogP contribution in [0.15, 0.2) is 91.0 Å². The number of aliphatic hydroxyl groups excluding tert-OH is 2. The van der Waals surface area contributed by atoms with Crippen LogP contribution in [-0.2, 0) is 47.6 Å². The molecule has 0 aliphatic carbocycles. The fourth-order valence-corrected chi connectivity index (χ4v) is 6.47. The Morgan fingerprint density at radius 1 is 0.368 bits per heavy atom. The van der Waals surface area contributed by atoms with E-state index in [4.69, 9.17) is 59.7 Å². The van der Waals surface area contributed by atoms with E-state index in [1.165, 1.54) is 0 Å². The van der Waals surface area contributed by atoms with Gasteiger partial charge in [0, 0.05) is 50.5 Å². The minimum absolute atomic E-state index is 0.158. The summed E-state index contributed by atoms with van der Waals surface area (Å²) in [7, 11) is 0. The molecule has 4 atom stereocenters. The molecule has 2 N–H and O–H groups in total. The fraction of sp³-hybridized carbons (Fsp3) is 0.561. The van der Waals surface area contributed by atoms with Crippen molar-refractivity contribution in [3.63, 3.8) is 0 Å². The number of benzene rings is 3. The number of carbonyl (C=O) groups excluding carboxylic acids is 7. The number of para-hydroxylation sites is 3. The summed E-state index contributed by atoms with van der Waals surface area (Å²) in [5.41, 5.74) is -0.814. The smallest absolute Gasteiger partial charge is 0.466 e. The number of aliphatic hydroxyl groups is 2. The summed E-state index contributed by atoms with van der Waals surface area (Å²) in [4.78, 5) is 80.5. The van der Waals surface area contributed by atoms with Crippen molar-refractivity contribution in [1.82, 2.24) is 0 Å². The molecule has 3 aromatic carbocycles. The van der Waals surface area contributed by atoms with Gasteiger partial charge in [-0.05, 0) is 137 Å². The number of hydrogen-bond donors (Lipinski definition) is 2. The molecule has 19 heteroatoms. The molecule has 3 aromatic rings. The largest absolute Gasteiger partial charge is 0.513 e. The molecule has 0 radical (unpaired) electrons. The van der Waals surface area contributed by atoms with E-state index in [0.717, 1.165) is 25.7 Å². The highest BCUT2D eigenvalue weighted by Crippen LogP contribution is 2.15. The van der Waals surface area contributed by atoms with Gasteiger partial charge in [-0.15, -0.1) is 0 Å². The van der Waals surface area contributed by atoms with Crippen LogP contribution < -0.4 is 14.2 Å². The first-order valence-corrected chi connectivity index (χ1v) is 26.5. The summed E-state index contributed by atoms with van der Waals surface area (Å²) >= 11 is 4.95. The van der Waals surface area contributed by atoms with E-state index in [1.807, 2.05) is 45.9 Å². The van der Waals surface area contributed by atoms with Gasteiger partial charge in [0.1, 0.15) is 17.2 Å². The molecule has 0 aliphatic rings. The van der Waals surface area contributed by atoms with Crippen molar-refractivity contribution in [3.05, 3.63) is 91.0 Å². The van der Waals surface area contributed by atoms with Crippen LogP contribution in [-0.4, -0.2) is 105 Å². The minimum Gasteiger partial charge on any atom is -0.466 e. The van der Waals surface area contributed by atoms with Crippen LogP contribution in [0, 0.1) is 23.7 Å². The Morgan fingerprint density at radius 3 is 0.855 bits per heavy atom. The van der Waals surface area contributed by atoms with Gasteiger partial charge in [-0.2, -0.15) is 0 Å². The molecule has 0 heterocycles. The van der Waals surface area contributed by atoms with Crippen molar-refractivity contribution in [2.24, 2.45) is 23.7 Å². The van der Waals surface area contributed by atoms with Crippen LogP contribution in [0.25, 0.3) is 0 Å². The summed E-state index contributed by atoms with van der Waals surface area (Å²) in [6.07, 6.45) is 7.41. The van der Waals surface area contributed by atoms with Crippen LogP contribution in [0.4, 0.5) is 14.4 Å². The Hall–Kier alpha value is -6.24. The lowest BCUT2D eigenvalue weighted by Gasteiger charge is -2.12. The average Bonchev–Trinajstić information content (AvgIpc) is 3.38. The monoisotopic (exact) mass is 1090 g/mol. The lowest BCUT2D eigenvalue weighted by atomic mass is 10.1. The Morgan fingerprint density at radius 2 is 0.605 bits per heavy atom. The zero-order valence-electron chi connectivity index (χ0n) is 44.7. The molecule has 0 fully saturated rings. The van der Waals surface area contributed by atoms with Gasteiger partial charge in [-0.25, -0.2) is 14.4 Å². The molecule has 4 unspecified atom stereocenters. The minimum atomic E-state index is -0.814. The van der Waals surface area contributed by atoms with Gasteiger partial charge in [-0.3, -0.25) is 19.2 Å². The molecule has 0 spiro atoms. The van der Waals surface area contributed by atoms with Crippen molar-refractivity contribution in [2.45, 2.75) is 130 Å². The van der Waals surface area contributed by atoms with Crippen molar-refractivity contribution >= 4 is 53.2 Å². The lowest BCUT2D eigenvalue weighted by Crippen LogP contribution is -2.14. The van der Waals surface area contributed by atoms with E-state index in [-0.39, 0.29) is 88.2 Å². The molecule has 0 saturated carbocycles.